The van der Waals surface area contributed by atoms with Gasteiger partial charge in [0.25, 0.3) is 0 Å². The monoisotopic (exact) mass is 119 g/mol. The van der Waals surface area contributed by atoms with Gasteiger partial charge in [0.1, 0.15) is 0 Å². The second-order valence-electron chi connectivity index (χ2n) is 1.70. The lowest BCUT2D eigenvalue weighted by atomic mass is 10.5. The van der Waals surface area contributed by atoms with E-state index < -0.39 is 5.91 Å². The molecule has 4 heteroatoms. The Balaban J connectivity index is 3.11. The average Bonchev–Trinajstić information content (AvgIpc) is 1.59. The van der Waals surface area contributed by atoms with Crippen molar-refractivity contribution in [1.29, 1.82) is 0 Å². The lowest BCUT2D eigenvalue weighted by Crippen LogP contribution is -2.43. The molecule has 0 atom stereocenters. The Kier molecular flexibility index (Phi) is 2.93. The first-order chi connectivity index (χ1) is 3.56. The fraction of sp³-hybridized carbons (Fsp3) is 1.00. The number of hydrogen-bond acceptors (Lipinski definition) is 3. The summed E-state index contributed by atoms with van der Waals surface area (Å²) in [6.45, 7) is 1.66. The molecular weight excluding hydrogens is 108 g/mol. The maximum absolute atomic E-state index is 8.51. The molecule has 0 saturated heterocycles. The minimum absolute atomic E-state index is 0.150. The van der Waals surface area contributed by atoms with Crippen molar-refractivity contribution in [2.24, 2.45) is 0 Å². The van der Waals surface area contributed by atoms with Gasteiger partial charge in [0, 0.05) is 20.0 Å². The van der Waals surface area contributed by atoms with Gasteiger partial charge >= 0.3 is 0 Å². The Morgan fingerprint density at radius 2 is 2.12 bits per heavy atom. The van der Waals surface area contributed by atoms with Gasteiger partial charge in [0.05, 0.1) is 0 Å². The summed E-state index contributed by atoms with van der Waals surface area (Å²) in [6, 6.07) is 0. The van der Waals surface area contributed by atoms with Crippen molar-refractivity contribution >= 4 is 0 Å². The molecule has 0 spiro atoms. The van der Waals surface area contributed by atoms with Gasteiger partial charge in [-0.2, -0.15) is 0 Å². The average molecular weight is 119 g/mol. The van der Waals surface area contributed by atoms with E-state index in [1.165, 1.54) is 6.92 Å². The molecular formula is C4H11N2O2. The molecule has 0 aliphatic rings. The first kappa shape index (κ1) is 7.84. The smallest absolute Gasteiger partial charge is 0.219 e. The van der Waals surface area contributed by atoms with Crippen LogP contribution >= 0.6 is 0 Å². The van der Waals surface area contributed by atoms with E-state index in [0.717, 1.165) is 0 Å². The van der Waals surface area contributed by atoms with E-state index in [4.69, 9.17) is 15.9 Å². The molecule has 0 rings (SSSR count). The Labute approximate surface area is 48.3 Å². The lowest BCUT2D eigenvalue weighted by molar-refractivity contribution is -0.168. The zero-order chi connectivity index (χ0) is 6.62. The van der Waals surface area contributed by atoms with Gasteiger partial charge in [-0.25, -0.2) is 0 Å². The fourth-order valence-electron chi connectivity index (χ4n) is 0.299. The van der Waals surface area contributed by atoms with Gasteiger partial charge in [-0.15, -0.1) is 0 Å². The number of hydrogen-bond donors (Lipinski definition) is 3. The molecule has 0 aliphatic heterocycles. The highest BCUT2D eigenvalue weighted by Crippen LogP contribution is 1.85. The summed E-state index contributed by atoms with van der Waals surface area (Å²) in [6.07, 6.45) is 0. The maximum Gasteiger partial charge on any atom is 0.219 e. The molecule has 4 N–H and O–H groups in total. The molecule has 4 nitrogen and oxygen atoms in total. The highest BCUT2D eigenvalue weighted by atomic mass is 16.5. The van der Waals surface area contributed by atoms with Gasteiger partial charge in [0.2, 0.25) is 5.91 Å². The van der Waals surface area contributed by atoms with Crippen LogP contribution in [0.15, 0.2) is 0 Å². The quantitative estimate of drug-likeness (QED) is 0.396. The molecule has 0 aliphatic carbocycles. The van der Waals surface area contributed by atoms with Crippen LogP contribution in [0, 0.1) is 0 Å². The zero-order valence-corrected chi connectivity index (χ0v) is 4.81. The van der Waals surface area contributed by atoms with Crippen molar-refractivity contribution in [2.75, 3.05) is 13.1 Å². The third-order valence-corrected chi connectivity index (χ3v) is 0.585. The predicted octanol–water partition coefficient (Wildman–Crippen LogP) is -1.48. The second-order valence-corrected chi connectivity index (χ2v) is 1.70. The van der Waals surface area contributed by atoms with Crippen LogP contribution in [0.4, 0.5) is 0 Å². The number of aliphatic hydroxyl groups is 2. The van der Waals surface area contributed by atoms with E-state index in [1.54, 1.807) is 0 Å². The van der Waals surface area contributed by atoms with Gasteiger partial charge < -0.3 is 10.2 Å². The molecule has 49 valence electrons. The third-order valence-electron chi connectivity index (χ3n) is 0.585. The SMILES string of the molecule is CC(O)(O)NCC[NH]. The van der Waals surface area contributed by atoms with E-state index in [9.17, 15) is 0 Å². The van der Waals surface area contributed by atoms with Crippen molar-refractivity contribution < 1.29 is 10.2 Å². The Hall–Kier alpha value is -0.160. The molecule has 0 unspecified atom stereocenters. The van der Waals surface area contributed by atoms with Crippen molar-refractivity contribution in [2.45, 2.75) is 12.8 Å². The molecule has 0 amide bonds. The molecule has 0 saturated carbocycles. The standard InChI is InChI=1S/C4H11N2O2/c1-4(7,8)6-3-2-5/h5-8H,2-3H2,1H3. The summed E-state index contributed by atoms with van der Waals surface area (Å²) < 4.78 is 0. The third kappa shape index (κ3) is 5.84. The Bertz CT molecular complexity index is 59.5. The van der Waals surface area contributed by atoms with Crippen LogP contribution in [-0.2, 0) is 0 Å². The summed E-state index contributed by atoms with van der Waals surface area (Å²) >= 11 is 0. The largest absolute Gasteiger partial charge is 0.354 e. The van der Waals surface area contributed by atoms with E-state index in [-0.39, 0.29) is 6.54 Å². The normalized spacial score (nSPS) is 12.0. The second kappa shape index (κ2) is 2.99. The Morgan fingerprint density at radius 3 is 2.25 bits per heavy atom. The van der Waals surface area contributed by atoms with Crippen molar-refractivity contribution in [3.63, 3.8) is 0 Å². The molecule has 0 fully saturated rings. The first-order valence-corrected chi connectivity index (χ1v) is 2.40. The highest BCUT2D eigenvalue weighted by molar-refractivity contribution is 4.52. The van der Waals surface area contributed by atoms with E-state index in [1.807, 2.05) is 0 Å². The highest BCUT2D eigenvalue weighted by Gasteiger charge is 2.10. The lowest BCUT2D eigenvalue weighted by Gasteiger charge is -2.15. The van der Waals surface area contributed by atoms with Gasteiger partial charge in [-0.05, 0) is 0 Å². The molecule has 1 radical (unpaired) electrons. The van der Waals surface area contributed by atoms with Crippen molar-refractivity contribution in [3.05, 3.63) is 0 Å². The molecule has 0 aromatic heterocycles. The minimum Gasteiger partial charge on any atom is -0.354 e. The summed E-state index contributed by atoms with van der Waals surface area (Å²) in [5.41, 5.74) is 6.60. The fourth-order valence-corrected chi connectivity index (χ4v) is 0.299. The number of rotatable bonds is 3. The molecule has 0 bridgehead atoms. The van der Waals surface area contributed by atoms with E-state index in [0.29, 0.717) is 6.54 Å². The molecule has 8 heavy (non-hydrogen) atoms. The van der Waals surface area contributed by atoms with Crippen molar-refractivity contribution in [3.8, 4) is 0 Å². The topological polar surface area (TPSA) is 76.3 Å². The van der Waals surface area contributed by atoms with Gasteiger partial charge in [0.15, 0.2) is 0 Å². The van der Waals surface area contributed by atoms with Gasteiger partial charge in [-0.1, -0.05) is 0 Å². The van der Waals surface area contributed by atoms with Crippen LogP contribution < -0.4 is 11.1 Å². The molecule has 0 aromatic rings. The van der Waals surface area contributed by atoms with Crippen LogP contribution in [0.25, 0.3) is 0 Å². The summed E-state index contributed by atoms with van der Waals surface area (Å²) in [7, 11) is 0. The number of nitrogens with one attached hydrogen (secondary N) is 2. The van der Waals surface area contributed by atoms with Crippen LogP contribution in [0.3, 0.4) is 0 Å². The van der Waals surface area contributed by atoms with E-state index >= 15 is 0 Å². The van der Waals surface area contributed by atoms with E-state index in [2.05, 4.69) is 5.32 Å². The summed E-state index contributed by atoms with van der Waals surface area (Å²) in [5.74, 6) is -1.82. The van der Waals surface area contributed by atoms with Crippen LogP contribution in [-0.4, -0.2) is 29.2 Å². The minimum atomic E-state index is -1.82. The van der Waals surface area contributed by atoms with Crippen LogP contribution in [0.1, 0.15) is 6.92 Å². The van der Waals surface area contributed by atoms with Crippen LogP contribution in [0.5, 0.6) is 0 Å². The zero-order valence-electron chi connectivity index (χ0n) is 4.81. The maximum atomic E-state index is 8.51. The van der Waals surface area contributed by atoms with Gasteiger partial charge in [-0.3, -0.25) is 11.1 Å². The Morgan fingerprint density at radius 1 is 1.62 bits per heavy atom. The first-order valence-electron chi connectivity index (χ1n) is 2.40. The molecule has 0 heterocycles. The summed E-state index contributed by atoms with van der Waals surface area (Å²) in [5, 5.41) is 19.3. The van der Waals surface area contributed by atoms with Crippen LogP contribution in [0.2, 0.25) is 0 Å². The molecule has 0 aromatic carbocycles. The predicted molar refractivity (Wildman–Crippen MR) is 28.8 cm³/mol. The summed E-state index contributed by atoms with van der Waals surface area (Å²) in [4.78, 5) is 0. The van der Waals surface area contributed by atoms with Crippen molar-refractivity contribution in [1.82, 2.24) is 11.1 Å².